The molecular formula is C25H28N2O2S. The van der Waals surface area contributed by atoms with Gasteiger partial charge in [-0.05, 0) is 60.2 Å². The van der Waals surface area contributed by atoms with Gasteiger partial charge in [-0.25, -0.2) is 4.99 Å². The Hall–Kier alpha value is -2.92. The second-order valence-corrected chi connectivity index (χ2v) is 7.71. The molecule has 0 N–H and O–H groups in total. The lowest BCUT2D eigenvalue weighted by Crippen LogP contribution is -2.27. The predicted molar refractivity (Wildman–Crippen MR) is 127 cm³/mol. The highest BCUT2D eigenvalue weighted by atomic mass is 32.2. The van der Waals surface area contributed by atoms with Crippen molar-refractivity contribution in [1.82, 2.24) is 4.90 Å². The average molecular weight is 421 g/mol. The highest BCUT2D eigenvalue weighted by Gasteiger charge is 2.14. The summed E-state index contributed by atoms with van der Waals surface area (Å²) in [5.74, 6) is 1.72. The molecule has 3 aromatic carbocycles. The third-order valence-electron chi connectivity index (χ3n) is 4.85. The predicted octanol–water partition coefficient (Wildman–Crippen LogP) is 6.07. The summed E-state index contributed by atoms with van der Waals surface area (Å²) in [4.78, 5) is 7.30. The minimum Gasteiger partial charge on any atom is -0.497 e. The Balaban J connectivity index is 1.92. The van der Waals surface area contributed by atoms with E-state index in [-0.39, 0.29) is 0 Å². The molecule has 0 amide bonds. The second kappa shape index (κ2) is 10.7. The lowest BCUT2D eigenvalue weighted by molar-refractivity contribution is 0.405. The van der Waals surface area contributed by atoms with Crippen LogP contribution in [0.3, 0.4) is 0 Å². The van der Waals surface area contributed by atoms with Crippen molar-refractivity contribution < 1.29 is 9.47 Å². The van der Waals surface area contributed by atoms with E-state index in [4.69, 9.17) is 14.5 Å². The van der Waals surface area contributed by atoms with Gasteiger partial charge in [0.25, 0.3) is 0 Å². The van der Waals surface area contributed by atoms with Gasteiger partial charge in [-0.2, -0.15) is 0 Å². The van der Waals surface area contributed by atoms with Crippen LogP contribution >= 0.6 is 11.8 Å². The Bertz CT molecular complexity index is 920. The second-order valence-electron chi connectivity index (χ2n) is 6.94. The van der Waals surface area contributed by atoms with Gasteiger partial charge in [-0.3, -0.25) is 0 Å². The zero-order chi connectivity index (χ0) is 21.3. The molecule has 0 fully saturated rings. The third-order valence-corrected chi connectivity index (χ3v) is 5.56. The standard InChI is InChI=1S/C25H28N2O2S/c1-19-7-5-6-8-24(19)26-25(30-4)27(17-20-9-13-22(28-2)14-10-20)18-21-11-15-23(29-3)16-12-21/h5-16H,17-18H2,1-4H3. The summed E-state index contributed by atoms with van der Waals surface area (Å²) in [6, 6.07) is 24.6. The van der Waals surface area contributed by atoms with Crippen molar-refractivity contribution >= 4 is 22.6 Å². The molecule has 0 atom stereocenters. The van der Waals surface area contributed by atoms with Gasteiger partial charge in [0.2, 0.25) is 0 Å². The van der Waals surface area contributed by atoms with E-state index in [0.717, 1.165) is 41.0 Å². The number of benzene rings is 3. The van der Waals surface area contributed by atoms with Crippen LogP contribution in [0.15, 0.2) is 77.8 Å². The molecule has 0 saturated carbocycles. The van der Waals surface area contributed by atoms with Gasteiger partial charge in [-0.1, -0.05) is 54.2 Å². The van der Waals surface area contributed by atoms with E-state index in [2.05, 4.69) is 54.5 Å². The molecule has 156 valence electrons. The Morgan fingerprint density at radius 3 is 1.73 bits per heavy atom. The molecule has 0 aliphatic carbocycles. The normalized spacial score (nSPS) is 11.3. The van der Waals surface area contributed by atoms with Crippen molar-refractivity contribution in [1.29, 1.82) is 0 Å². The molecule has 0 aliphatic rings. The lowest BCUT2D eigenvalue weighted by Gasteiger charge is -2.26. The number of para-hydroxylation sites is 1. The molecule has 0 aliphatic heterocycles. The molecule has 3 rings (SSSR count). The summed E-state index contributed by atoms with van der Waals surface area (Å²) in [7, 11) is 3.37. The molecule has 30 heavy (non-hydrogen) atoms. The topological polar surface area (TPSA) is 34.1 Å². The highest BCUT2D eigenvalue weighted by molar-refractivity contribution is 8.13. The monoisotopic (exact) mass is 420 g/mol. The van der Waals surface area contributed by atoms with Crippen LogP contribution in [-0.2, 0) is 13.1 Å². The van der Waals surface area contributed by atoms with Crippen LogP contribution in [-0.4, -0.2) is 30.5 Å². The molecule has 0 saturated heterocycles. The number of nitrogens with zero attached hydrogens (tertiary/aromatic N) is 2. The molecule has 0 unspecified atom stereocenters. The zero-order valence-electron chi connectivity index (χ0n) is 18.0. The Labute approximate surface area is 183 Å². The number of aliphatic imine (C=N–C) groups is 1. The van der Waals surface area contributed by atoms with Crippen LogP contribution in [0.5, 0.6) is 11.5 Å². The van der Waals surface area contributed by atoms with Gasteiger partial charge in [0.15, 0.2) is 5.17 Å². The molecule has 3 aromatic rings. The van der Waals surface area contributed by atoms with Crippen molar-refractivity contribution in [3.05, 3.63) is 89.5 Å². The SMILES string of the molecule is COc1ccc(CN(Cc2ccc(OC)cc2)C(=Nc2ccccc2C)SC)cc1. The summed E-state index contributed by atoms with van der Waals surface area (Å²) in [5.41, 5.74) is 4.57. The summed E-state index contributed by atoms with van der Waals surface area (Å²) < 4.78 is 10.6. The Kier molecular flexibility index (Phi) is 7.80. The smallest absolute Gasteiger partial charge is 0.164 e. The number of hydrogen-bond donors (Lipinski definition) is 0. The van der Waals surface area contributed by atoms with Gasteiger partial charge in [0, 0.05) is 13.1 Å². The number of aryl methyl sites for hydroxylation is 1. The van der Waals surface area contributed by atoms with Crippen LogP contribution < -0.4 is 9.47 Å². The molecule has 0 radical (unpaired) electrons. The molecule has 0 heterocycles. The van der Waals surface area contributed by atoms with Gasteiger partial charge >= 0.3 is 0 Å². The van der Waals surface area contributed by atoms with Gasteiger partial charge < -0.3 is 14.4 Å². The molecule has 4 nitrogen and oxygen atoms in total. The zero-order valence-corrected chi connectivity index (χ0v) is 18.8. The van der Waals surface area contributed by atoms with Gasteiger partial charge in [-0.15, -0.1) is 0 Å². The van der Waals surface area contributed by atoms with E-state index >= 15 is 0 Å². The van der Waals surface area contributed by atoms with E-state index in [9.17, 15) is 0 Å². The number of methoxy groups -OCH3 is 2. The summed E-state index contributed by atoms with van der Waals surface area (Å²) >= 11 is 1.66. The first kappa shape index (κ1) is 21.8. The molecule has 5 heteroatoms. The van der Waals surface area contributed by atoms with Crippen molar-refractivity contribution in [2.75, 3.05) is 20.5 Å². The quantitative estimate of drug-likeness (QED) is 0.343. The van der Waals surface area contributed by atoms with E-state index < -0.39 is 0 Å². The molecular weight excluding hydrogens is 392 g/mol. The first-order valence-electron chi connectivity index (χ1n) is 9.82. The Morgan fingerprint density at radius 2 is 1.30 bits per heavy atom. The number of thioether (sulfide) groups is 1. The van der Waals surface area contributed by atoms with Crippen LogP contribution in [0.4, 0.5) is 5.69 Å². The highest BCUT2D eigenvalue weighted by Crippen LogP contribution is 2.24. The minimum absolute atomic E-state index is 0.752. The number of rotatable bonds is 7. The van der Waals surface area contributed by atoms with Crippen LogP contribution in [0.2, 0.25) is 0 Å². The van der Waals surface area contributed by atoms with Crippen LogP contribution in [0, 0.1) is 6.92 Å². The fourth-order valence-electron chi connectivity index (χ4n) is 3.13. The average Bonchev–Trinajstić information content (AvgIpc) is 2.79. The summed E-state index contributed by atoms with van der Waals surface area (Å²) in [6.07, 6.45) is 2.08. The van der Waals surface area contributed by atoms with Gasteiger partial charge in [0.05, 0.1) is 19.9 Å². The van der Waals surface area contributed by atoms with E-state index in [1.807, 2.05) is 36.4 Å². The fourth-order valence-corrected chi connectivity index (χ4v) is 3.71. The van der Waals surface area contributed by atoms with Gasteiger partial charge in [0.1, 0.15) is 11.5 Å². The van der Waals surface area contributed by atoms with E-state index in [0.29, 0.717) is 0 Å². The number of amidine groups is 1. The minimum atomic E-state index is 0.752. The summed E-state index contributed by atoms with van der Waals surface area (Å²) in [5, 5.41) is 0.982. The maximum absolute atomic E-state index is 5.30. The first-order chi connectivity index (χ1) is 14.6. The van der Waals surface area contributed by atoms with Crippen molar-refractivity contribution in [2.24, 2.45) is 4.99 Å². The van der Waals surface area contributed by atoms with E-state index in [1.165, 1.54) is 11.1 Å². The summed E-state index contributed by atoms with van der Waals surface area (Å²) in [6.45, 7) is 3.59. The third kappa shape index (κ3) is 5.80. The molecule has 0 bridgehead atoms. The fraction of sp³-hybridized carbons (Fsp3) is 0.240. The van der Waals surface area contributed by atoms with Crippen molar-refractivity contribution in [3.8, 4) is 11.5 Å². The molecule has 0 spiro atoms. The maximum Gasteiger partial charge on any atom is 0.164 e. The Morgan fingerprint density at radius 1 is 0.800 bits per heavy atom. The maximum atomic E-state index is 5.30. The molecule has 0 aromatic heterocycles. The van der Waals surface area contributed by atoms with Crippen molar-refractivity contribution in [2.45, 2.75) is 20.0 Å². The largest absolute Gasteiger partial charge is 0.497 e. The first-order valence-corrected chi connectivity index (χ1v) is 11.0. The number of hydrogen-bond acceptors (Lipinski definition) is 4. The van der Waals surface area contributed by atoms with Crippen LogP contribution in [0.25, 0.3) is 0 Å². The van der Waals surface area contributed by atoms with Crippen molar-refractivity contribution in [3.63, 3.8) is 0 Å². The van der Waals surface area contributed by atoms with Crippen LogP contribution in [0.1, 0.15) is 16.7 Å². The lowest BCUT2D eigenvalue weighted by atomic mass is 10.1. The number of ether oxygens (including phenoxy) is 2. The van der Waals surface area contributed by atoms with E-state index in [1.54, 1.807) is 26.0 Å².